The average Bonchev–Trinajstić information content (AvgIpc) is 2.72. The number of aliphatic hydroxyl groups excluding tert-OH is 1. The number of rotatable bonds is 3. The molecule has 5 heteroatoms. The van der Waals surface area contributed by atoms with Crippen LogP contribution in [0.3, 0.4) is 0 Å². The van der Waals surface area contributed by atoms with E-state index < -0.39 is 6.10 Å². The maximum Gasteiger partial charge on any atom is 0.101 e. The molecule has 2 heterocycles. The number of morpholine rings is 1. The second kappa shape index (κ2) is 7.84. The number of aromatic nitrogens is 1. The van der Waals surface area contributed by atoms with E-state index in [9.17, 15) is 10.4 Å². The normalized spacial score (nSPS) is 25.3. The lowest BCUT2D eigenvalue weighted by Crippen LogP contribution is -2.53. The van der Waals surface area contributed by atoms with E-state index in [0.717, 1.165) is 36.0 Å². The zero-order chi connectivity index (χ0) is 18.8. The van der Waals surface area contributed by atoms with Gasteiger partial charge < -0.3 is 14.7 Å². The van der Waals surface area contributed by atoms with Gasteiger partial charge in [-0.1, -0.05) is 19.3 Å². The van der Waals surface area contributed by atoms with Crippen molar-refractivity contribution in [3.8, 4) is 6.07 Å². The quantitative estimate of drug-likeness (QED) is 0.899. The van der Waals surface area contributed by atoms with E-state index in [-0.39, 0.29) is 12.2 Å². The Balaban J connectivity index is 1.62. The molecule has 4 rings (SSSR count). The first-order valence-electron chi connectivity index (χ1n) is 10.0. The second-order valence-electron chi connectivity index (χ2n) is 7.92. The van der Waals surface area contributed by atoms with Crippen LogP contribution in [0.25, 0.3) is 10.9 Å². The maximum atomic E-state index is 11.0. The molecule has 5 nitrogen and oxygen atoms in total. The topological polar surface area (TPSA) is 69.4 Å². The van der Waals surface area contributed by atoms with Gasteiger partial charge in [0.25, 0.3) is 0 Å². The van der Waals surface area contributed by atoms with Gasteiger partial charge in [-0.25, -0.2) is 0 Å². The van der Waals surface area contributed by atoms with Crippen molar-refractivity contribution in [2.24, 2.45) is 5.92 Å². The zero-order valence-electron chi connectivity index (χ0n) is 15.8. The van der Waals surface area contributed by atoms with Gasteiger partial charge in [0.2, 0.25) is 0 Å². The van der Waals surface area contributed by atoms with Gasteiger partial charge in [0.1, 0.15) is 12.2 Å². The maximum absolute atomic E-state index is 11.0. The SMILES string of the molecule is C[C@@H]1CN(c2ccc(C#N)c3ncccc23)C[C@H]([C@@H](O)C2CCCCC2)O1. The minimum absolute atomic E-state index is 0.0457. The number of hydrogen-bond acceptors (Lipinski definition) is 5. The molecule has 1 aromatic carbocycles. The number of nitriles is 1. The van der Waals surface area contributed by atoms with Gasteiger partial charge in [0.15, 0.2) is 0 Å². The summed E-state index contributed by atoms with van der Waals surface area (Å²) >= 11 is 0. The predicted molar refractivity (Wildman–Crippen MR) is 106 cm³/mol. The summed E-state index contributed by atoms with van der Waals surface area (Å²) < 4.78 is 6.15. The van der Waals surface area contributed by atoms with Crippen LogP contribution in [-0.2, 0) is 4.74 Å². The van der Waals surface area contributed by atoms with Gasteiger partial charge in [-0.05, 0) is 49.9 Å². The molecule has 1 N–H and O–H groups in total. The average molecular weight is 365 g/mol. The van der Waals surface area contributed by atoms with Crippen LogP contribution >= 0.6 is 0 Å². The highest BCUT2D eigenvalue weighted by molar-refractivity contribution is 5.95. The van der Waals surface area contributed by atoms with Crippen LogP contribution in [0.4, 0.5) is 5.69 Å². The lowest BCUT2D eigenvalue weighted by molar-refractivity contribution is -0.102. The van der Waals surface area contributed by atoms with Crippen LogP contribution in [0.2, 0.25) is 0 Å². The largest absolute Gasteiger partial charge is 0.390 e. The fourth-order valence-electron chi connectivity index (χ4n) is 4.67. The van der Waals surface area contributed by atoms with E-state index in [0.29, 0.717) is 18.0 Å². The van der Waals surface area contributed by atoms with Crippen LogP contribution in [0.5, 0.6) is 0 Å². The molecule has 27 heavy (non-hydrogen) atoms. The summed E-state index contributed by atoms with van der Waals surface area (Å²) in [5.41, 5.74) is 2.39. The van der Waals surface area contributed by atoms with Crippen LogP contribution in [0, 0.1) is 17.2 Å². The Morgan fingerprint density at radius 1 is 1.22 bits per heavy atom. The highest BCUT2D eigenvalue weighted by Crippen LogP contribution is 2.33. The van der Waals surface area contributed by atoms with Crippen molar-refractivity contribution >= 4 is 16.6 Å². The molecular weight excluding hydrogens is 338 g/mol. The summed E-state index contributed by atoms with van der Waals surface area (Å²) in [7, 11) is 0. The van der Waals surface area contributed by atoms with Crippen molar-refractivity contribution in [1.82, 2.24) is 4.98 Å². The number of benzene rings is 1. The smallest absolute Gasteiger partial charge is 0.101 e. The third-order valence-electron chi connectivity index (χ3n) is 6.01. The van der Waals surface area contributed by atoms with E-state index in [1.54, 1.807) is 6.20 Å². The highest BCUT2D eigenvalue weighted by atomic mass is 16.5. The van der Waals surface area contributed by atoms with Gasteiger partial charge in [-0.3, -0.25) is 4.98 Å². The molecule has 2 aromatic rings. The van der Waals surface area contributed by atoms with Gasteiger partial charge in [-0.15, -0.1) is 0 Å². The molecule has 1 aromatic heterocycles. The number of aliphatic hydroxyl groups is 1. The van der Waals surface area contributed by atoms with Crippen molar-refractivity contribution in [3.63, 3.8) is 0 Å². The molecule has 1 aliphatic carbocycles. The molecule has 0 unspecified atom stereocenters. The first-order valence-corrected chi connectivity index (χ1v) is 10.0. The molecule has 0 amide bonds. The number of ether oxygens (including phenoxy) is 1. The van der Waals surface area contributed by atoms with Gasteiger partial charge in [0, 0.05) is 30.4 Å². The Morgan fingerprint density at radius 2 is 2.04 bits per heavy atom. The molecule has 1 aliphatic heterocycles. The second-order valence-corrected chi connectivity index (χ2v) is 7.92. The Hall–Kier alpha value is -2.16. The lowest BCUT2D eigenvalue weighted by atomic mass is 9.83. The summed E-state index contributed by atoms with van der Waals surface area (Å²) in [6.45, 7) is 3.50. The van der Waals surface area contributed by atoms with E-state index in [1.807, 2.05) is 24.3 Å². The summed E-state index contributed by atoms with van der Waals surface area (Å²) in [6, 6.07) is 10.0. The van der Waals surface area contributed by atoms with Crippen LogP contribution in [0.15, 0.2) is 30.5 Å². The molecule has 3 atom stereocenters. The minimum Gasteiger partial charge on any atom is -0.390 e. The highest BCUT2D eigenvalue weighted by Gasteiger charge is 2.35. The number of anilines is 1. The number of hydrogen-bond donors (Lipinski definition) is 1. The van der Waals surface area contributed by atoms with Crippen LogP contribution < -0.4 is 4.90 Å². The van der Waals surface area contributed by atoms with Crippen molar-refractivity contribution < 1.29 is 9.84 Å². The van der Waals surface area contributed by atoms with Crippen LogP contribution in [-0.4, -0.2) is 41.5 Å². The van der Waals surface area contributed by atoms with Crippen LogP contribution in [0.1, 0.15) is 44.6 Å². The van der Waals surface area contributed by atoms with E-state index in [2.05, 4.69) is 22.9 Å². The third-order valence-corrected chi connectivity index (χ3v) is 6.01. The van der Waals surface area contributed by atoms with Crippen molar-refractivity contribution in [3.05, 3.63) is 36.0 Å². The molecule has 2 fully saturated rings. The minimum atomic E-state index is -0.418. The first-order chi connectivity index (χ1) is 13.2. The van der Waals surface area contributed by atoms with Crippen molar-refractivity contribution in [2.75, 3.05) is 18.0 Å². The van der Waals surface area contributed by atoms with E-state index in [4.69, 9.17) is 4.74 Å². The summed E-state index contributed by atoms with van der Waals surface area (Å²) in [6.07, 6.45) is 7.06. The third kappa shape index (κ3) is 3.65. The van der Waals surface area contributed by atoms with Gasteiger partial charge >= 0.3 is 0 Å². The van der Waals surface area contributed by atoms with Crippen molar-refractivity contribution in [1.29, 1.82) is 5.26 Å². The number of pyridine rings is 1. The van der Waals surface area contributed by atoms with E-state index in [1.165, 1.54) is 19.3 Å². The molecule has 0 bridgehead atoms. The molecule has 0 radical (unpaired) electrons. The molecule has 142 valence electrons. The summed E-state index contributed by atoms with van der Waals surface area (Å²) in [5, 5.41) is 21.3. The molecule has 1 saturated carbocycles. The number of fused-ring (bicyclic) bond motifs is 1. The van der Waals surface area contributed by atoms with Gasteiger partial charge in [0.05, 0.1) is 23.3 Å². The molecule has 0 spiro atoms. The fraction of sp³-hybridized carbons (Fsp3) is 0.545. The predicted octanol–water partition coefficient (Wildman–Crippen LogP) is 3.64. The molecule has 2 aliphatic rings. The molecular formula is C22H27N3O2. The fourth-order valence-corrected chi connectivity index (χ4v) is 4.67. The van der Waals surface area contributed by atoms with Gasteiger partial charge in [-0.2, -0.15) is 5.26 Å². The zero-order valence-corrected chi connectivity index (χ0v) is 15.8. The Kier molecular flexibility index (Phi) is 5.29. The Morgan fingerprint density at radius 3 is 2.81 bits per heavy atom. The summed E-state index contributed by atoms with van der Waals surface area (Å²) in [4.78, 5) is 6.71. The standard InChI is InChI=1S/C22H27N3O2/c1-15-13-25(14-20(27-15)22(26)16-6-3-2-4-7-16)19-10-9-17(12-23)21-18(19)8-5-11-24-21/h5,8-11,15-16,20,22,26H,2-4,6-7,13-14H2,1H3/t15-,20-,22+/m1/s1. The van der Waals surface area contributed by atoms with Crippen molar-refractivity contribution in [2.45, 2.75) is 57.3 Å². The first kappa shape index (κ1) is 18.2. The van der Waals surface area contributed by atoms with E-state index >= 15 is 0 Å². The Labute approximate surface area is 160 Å². The monoisotopic (exact) mass is 365 g/mol. The Bertz CT molecular complexity index is 841. The molecule has 1 saturated heterocycles. The summed E-state index contributed by atoms with van der Waals surface area (Å²) in [5.74, 6) is 0.343. The number of nitrogens with zero attached hydrogens (tertiary/aromatic N) is 3. The lowest BCUT2D eigenvalue weighted by Gasteiger charge is -2.42.